The number of unbranched alkanes of at least 4 members (excludes halogenated alkanes) is 31. The van der Waals surface area contributed by atoms with E-state index in [0.717, 1.165) is 69.6 Å². The third kappa shape index (κ3) is 45.5. The number of rotatable bonds is 46. The Morgan fingerprint density at radius 2 is 0.569 bits per heavy atom. The molecular formula is C52H100O6. The van der Waals surface area contributed by atoms with Gasteiger partial charge in [-0.25, -0.2) is 0 Å². The van der Waals surface area contributed by atoms with E-state index in [1.165, 1.54) is 173 Å². The van der Waals surface area contributed by atoms with E-state index in [1.807, 2.05) is 0 Å². The second kappa shape index (κ2) is 44.9. The Morgan fingerprint density at radius 1 is 0.328 bits per heavy atom. The van der Waals surface area contributed by atoms with Crippen LogP contribution >= 0.6 is 0 Å². The molecule has 0 aliphatic carbocycles. The van der Waals surface area contributed by atoms with E-state index in [9.17, 15) is 14.4 Å². The quantitative estimate of drug-likeness (QED) is 0.0346. The van der Waals surface area contributed by atoms with Gasteiger partial charge in [-0.05, 0) is 31.1 Å². The van der Waals surface area contributed by atoms with Crippen LogP contribution in [0.4, 0.5) is 0 Å². The van der Waals surface area contributed by atoms with Gasteiger partial charge in [-0.2, -0.15) is 0 Å². The smallest absolute Gasteiger partial charge is 0.306 e. The maximum absolute atomic E-state index is 12.8. The summed E-state index contributed by atoms with van der Waals surface area (Å²) in [4.78, 5) is 37.8. The van der Waals surface area contributed by atoms with Gasteiger partial charge in [-0.1, -0.05) is 247 Å². The lowest BCUT2D eigenvalue weighted by molar-refractivity contribution is -0.167. The van der Waals surface area contributed by atoms with Crippen molar-refractivity contribution < 1.29 is 28.6 Å². The Kier molecular flexibility index (Phi) is 43.7. The molecule has 0 amide bonds. The van der Waals surface area contributed by atoms with Gasteiger partial charge in [0.05, 0.1) is 0 Å². The van der Waals surface area contributed by atoms with Gasteiger partial charge >= 0.3 is 17.9 Å². The van der Waals surface area contributed by atoms with Crippen LogP contribution < -0.4 is 0 Å². The molecule has 0 heterocycles. The zero-order valence-corrected chi connectivity index (χ0v) is 39.7. The first kappa shape index (κ1) is 56.4. The zero-order valence-electron chi connectivity index (χ0n) is 39.7. The van der Waals surface area contributed by atoms with E-state index >= 15 is 0 Å². The van der Waals surface area contributed by atoms with Crippen LogP contribution in [0.1, 0.15) is 285 Å². The molecule has 6 heteroatoms. The molecule has 0 bridgehead atoms. The van der Waals surface area contributed by atoms with Gasteiger partial charge in [0, 0.05) is 19.3 Å². The highest BCUT2D eigenvalue weighted by molar-refractivity contribution is 5.71. The van der Waals surface area contributed by atoms with Crippen LogP contribution in [0.2, 0.25) is 0 Å². The summed E-state index contributed by atoms with van der Waals surface area (Å²) in [6.45, 7) is 11.4. The number of hydrogen-bond acceptors (Lipinski definition) is 6. The normalized spacial score (nSPS) is 12.1. The van der Waals surface area contributed by atoms with E-state index in [1.54, 1.807) is 0 Å². The van der Waals surface area contributed by atoms with Crippen molar-refractivity contribution in [2.45, 2.75) is 291 Å². The first-order valence-electron chi connectivity index (χ1n) is 25.7. The molecule has 0 spiro atoms. The van der Waals surface area contributed by atoms with E-state index in [2.05, 4.69) is 34.6 Å². The lowest BCUT2D eigenvalue weighted by Crippen LogP contribution is -2.30. The van der Waals surface area contributed by atoms with Crippen LogP contribution in [0, 0.1) is 11.8 Å². The SMILES string of the molecule is CCCCCCCCCCCC(=O)OC[C@@H](COC(=O)CCCCCCCCCCCCCCCCCC(C)C)OC(=O)CCCCCCCCCCCCC(C)C. The van der Waals surface area contributed by atoms with Crippen molar-refractivity contribution in [1.29, 1.82) is 0 Å². The molecule has 0 aromatic rings. The van der Waals surface area contributed by atoms with Crippen LogP contribution in [0.15, 0.2) is 0 Å². The summed E-state index contributed by atoms with van der Waals surface area (Å²) in [6, 6.07) is 0. The van der Waals surface area contributed by atoms with Gasteiger partial charge in [0.15, 0.2) is 6.10 Å². The first-order chi connectivity index (χ1) is 28.2. The maximum atomic E-state index is 12.8. The topological polar surface area (TPSA) is 78.9 Å². The summed E-state index contributed by atoms with van der Waals surface area (Å²) in [7, 11) is 0. The first-order valence-corrected chi connectivity index (χ1v) is 25.7. The van der Waals surface area contributed by atoms with Gasteiger partial charge < -0.3 is 14.2 Å². The predicted molar refractivity (Wildman–Crippen MR) is 247 cm³/mol. The zero-order chi connectivity index (χ0) is 42.6. The van der Waals surface area contributed by atoms with Gasteiger partial charge in [0.2, 0.25) is 0 Å². The lowest BCUT2D eigenvalue weighted by Gasteiger charge is -2.18. The maximum Gasteiger partial charge on any atom is 0.306 e. The summed E-state index contributed by atoms with van der Waals surface area (Å²) < 4.78 is 16.8. The molecule has 344 valence electrons. The molecule has 0 fully saturated rings. The summed E-state index contributed by atoms with van der Waals surface area (Å²) in [6.07, 6.45) is 45.2. The molecule has 0 rings (SSSR count). The number of carbonyl (C=O) groups is 3. The fourth-order valence-electron chi connectivity index (χ4n) is 7.81. The van der Waals surface area contributed by atoms with Crippen LogP contribution in [-0.4, -0.2) is 37.2 Å². The van der Waals surface area contributed by atoms with E-state index in [-0.39, 0.29) is 31.1 Å². The van der Waals surface area contributed by atoms with Crippen molar-refractivity contribution in [2.24, 2.45) is 11.8 Å². The van der Waals surface area contributed by atoms with E-state index in [0.29, 0.717) is 19.3 Å². The van der Waals surface area contributed by atoms with Gasteiger partial charge in [-0.15, -0.1) is 0 Å². The molecule has 1 atom stereocenters. The second-order valence-corrected chi connectivity index (χ2v) is 18.8. The van der Waals surface area contributed by atoms with Crippen LogP contribution in [0.5, 0.6) is 0 Å². The average molecular weight is 821 g/mol. The van der Waals surface area contributed by atoms with Crippen LogP contribution in [0.25, 0.3) is 0 Å². The highest BCUT2D eigenvalue weighted by Gasteiger charge is 2.19. The van der Waals surface area contributed by atoms with Crippen molar-refractivity contribution >= 4 is 17.9 Å². The fourth-order valence-corrected chi connectivity index (χ4v) is 7.81. The Morgan fingerprint density at radius 3 is 0.845 bits per heavy atom. The molecule has 0 aromatic carbocycles. The minimum Gasteiger partial charge on any atom is -0.462 e. The van der Waals surface area contributed by atoms with Gasteiger partial charge in [-0.3, -0.25) is 14.4 Å². The van der Waals surface area contributed by atoms with Crippen molar-refractivity contribution in [2.75, 3.05) is 13.2 Å². The average Bonchev–Trinajstić information content (AvgIpc) is 3.19. The number of ether oxygens (including phenoxy) is 3. The third-order valence-corrected chi connectivity index (χ3v) is 11.7. The molecular weight excluding hydrogens is 721 g/mol. The Labute approximate surface area is 361 Å². The van der Waals surface area contributed by atoms with Crippen LogP contribution in [-0.2, 0) is 28.6 Å². The molecule has 0 aliphatic heterocycles. The monoisotopic (exact) mass is 821 g/mol. The summed E-state index contributed by atoms with van der Waals surface area (Å²) in [5.74, 6) is 0.814. The van der Waals surface area contributed by atoms with Crippen molar-refractivity contribution in [3.8, 4) is 0 Å². The number of esters is 3. The summed E-state index contributed by atoms with van der Waals surface area (Å²) >= 11 is 0. The molecule has 0 N–H and O–H groups in total. The van der Waals surface area contributed by atoms with E-state index in [4.69, 9.17) is 14.2 Å². The van der Waals surface area contributed by atoms with Gasteiger partial charge in [0.1, 0.15) is 13.2 Å². The molecule has 0 aromatic heterocycles. The van der Waals surface area contributed by atoms with Crippen molar-refractivity contribution in [1.82, 2.24) is 0 Å². The lowest BCUT2D eigenvalue weighted by atomic mass is 10.0. The third-order valence-electron chi connectivity index (χ3n) is 11.7. The molecule has 0 unspecified atom stereocenters. The summed E-state index contributed by atoms with van der Waals surface area (Å²) in [5, 5.41) is 0. The number of carbonyl (C=O) groups excluding carboxylic acids is 3. The Hall–Kier alpha value is -1.59. The highest BCUT2D eigenvalue weighted by Crippen LogP contribution is 2.17. The Balaban J connectivity index is 4.24. The fraction of sp³-hybridized carbons (Fsp3) is 0.942. The molecule has 58 heavy (non-hydrogen) atoms. The largest absolute Gasteiger partial charge is 0.462 e. The highest BCUT2D eigenvalue weighted by atomic mass is 16.6. The molecule has 0 saturated carbocycles. The Bertz CT molecular complexity index is 885. The van der Waals surface area contributed by atoms with Crippen molar-refractivity contribution in [3.63, 3.8) is 0 Å². The van der Waals surface area contributed by atoms with Gasteiger partial charge in [0.25, 0.3) is 0 Å². The molecule has 6 nitrogen and oxygen atoms in total. The predicted octanol–water partition coefficient (Wildman–Crippen LogP) is 16.5. The van der Waals surface area contributed by atoms with E-state index < -0.39 is 6.10 Å². The number of hydrogen-bond donors (Lipinski definition) is 0. The minimum atomic E-state index is -0.761. The van der Waals surface area contributed by atoms with Crippen LogP contribution in [0.3, 0.4) is 0 Å². The minimum absolute atomic E-state index is 0.0638. The molecule has 0 saturated heterocycles. The van der Waals surface area contributed by atoms with Crippen molar-refractivity contribution in [3.05, 3.63) is 0 Å². The molecule has 0 aliphatic rings. The molecule has 0 radical (unpaired) electrons. The second-order valence-electron chi connectivity index (χ2n) is 18.8. The summed E-state index contributed by atoms with van der Waals surface area (Å²) in [5.41, 5.74) is 0. The standard InChI is InChI=1S/C52H100O6/c1-6-7-8-9-10-20-27-32-37-42-50(53)56-45-49(58-52(55)44-39-34-29-24-19-18-22-26-31-36-41-48(4)5)46-57-51(54)43-38-33-28-23-17-15-13-11-12-14-16-21-25-30-35-40-47(2)3/h47-49H,6-46H2,1-5H3/t49-/m0/s1.